The van der Waals surface area contributed by atoms with Crippen molar-refractivity contribution in [1.82, 2.24) is 9.55 Å². The van der Waals surface area contributed by atoms with E-state index >= 15 is 0 Å². The smallest absolute Gasteiger partial charge is 0.139 e. The van der Waals surface area contributed by atoms with Crippen molar-refractivity contribution in [3.05, 3.63) is 30.1 Å². The van der Waals surface area contributed by atoms with Crippen LogP contribution in [0.4, 0.5) is 0 Å². The molecule has 3 heteroatoms. The van der Waals surface area contributed by atoms with Crippen LogP contribution >= 0.6 is 0 Å². The molecule has 3 nitrogen and oxygen atoms in total. The Balaban J connectivity index is 2.57. The molecule has 15 heavy (non-hydrogen) atoms. The molecule has 0 aliphatic rings. The van der Waals surface area contributed by atoms with Gasteiger partial charge < -0.3 is 9.36 Å². The minimum Gasteiger partial charge on any atom is -0.321 e. The number of aryl methyl sites for hydroxylation is 1. The molecule has 2 rings (SSSR count). The Morgan fingerprint density at radius 1 is 1.40 bits per heavy atom. The Labute approximate surface area is 88.7 Å². The molecule has 0 saturated carbocycles. The number of benzene rings is 1. The van der Waals surface area contributed by atoms with Gasteiger partial charge in [-0.3, -0.25) is 0 Å². The Morgan fingerprint density at radius 3 is 2.93 bits per heavy atom. The number of hydrogen-bond donors (Lipinski definition) is 0. The van der Waals surface area contributed by atoms with E-state index in [0.717, 1.165) is 36.0 Å². The highest BCUT2D eigenvalue weighted by atomic mass is 16.1. The third-order valence-corrected chi connectivity index (χ3v) is 2.46. The fraction of sp³-hybridized carbons (Fsp3) is 0.333. The van der Waals surface area contributed by atoms with E-state index in [1.165, 1.54) is 0 Å². The molecule has 0 N–H and O–H groups in total. The first-order chi connectivity index (χ1) is 7.36. The van der Waals surface area contributed by atoms with Crippen LogP contribution < -0.4 is 0 Å². The predicted molar refractivity (Wildman–Crippen MR) is 59.8 cm³/mol. The molecule has 0 bridgehead atoms. The second-order valence-corrected chi connectivity index (χ2v) is 3.54. The van der Waals surface area contributed by atoms with Gasteiger partial charge in [0.15, 0.2) is 0 Å². The van der Waals surface area contributed by atoms with Gasteiger partial charge in [0.1, 0.15) is 12.1 Å². The second kappa shape index (κ2) is 4.26. The summed E-state index contributed by atoms with van der Waals surface area (Å²) in [5.41, 5.74) is 2.02. The summed E-state index contributed by atoms with van der Waals surface area (Å²) in [6.45, 7) is 2.51. The van der Waals surface area contributed by atoms with Crippen LogP contribution in [-0.4, -0.2) is 15.8 Å². The highest BCUT2D eigenvalue weighted by Gasteiger charge is 2.08. The number of carbonyl (C=O) groups is 1. The summed E-state index contributed by atoms with van der Waals surface area (Å²) in [6.07, 6.45) is 2.89. The first-order valence-electron chi connectivity index (χ1n) is 5.24. The zero-order chi connectivity index (χ0) is 10.7. The van der Waals surface area contributed by atoms with E-state index in [-0.39, 0.29) is 0 Å². The molecule has 0 fully saturated rings. The maximum atomic E-state index is 10.6. The molecule has 2 aromatic rings. The summed E-state index contributed by atoms with van der Waals surface area (Å²) < 4.78 is 1.99. The highest BCUT2D eigenvalue weighted by molar-refractivity contribution is 5.76. The first kappa shape index (κ1) is 9.90. The molecule has 0 radical (unpaired) electrons. The van der Waals surface area contributed by atoms with Crippen molar-refractivity contribution >= 4 is 17.3 Å². The zero-order valence-electron chi connectivity index (χ0n) is 8.81. The molecule has 1 aromatic carbocycles. The molecule has 78 valence electrons. The standard InChI is InChI=1S/C12H14N2O/c1-2-5-12-13-10-6-3-4-7-11(10)14(12)8-9-15/h3-4,6-7,9H,2,5,8H2,1H3. The number of rotatable bonds is 4. The minimum absolute atomic E-state index is 0.399. The Bertz CT molecular complexity index is 473. The van der Waals surface area contributed by atoms with Crippen molar-refractivity contribution in [3.8, 4) is 0 Å². The molecule has 0 saturated heterocycles. The third kappa shape index (κ3) is 1.77. The summed E-state index contributed by atoms with van der Waals surface area (Å²) in [5, 5.41) is 0. The van der Waals surface area contributed by atoms with E-state index in [1.54, 1.807) is 0 Å². The summed E-state index contributed by atoms with van der Waals surface area (Å²) >= 11 is 0. The van der Waals surface area contributed by atoms with E-state index in [0.29, 0.717) is 6.54 Å². The van der Waals surface area contributed by atoms with E-state index in [1.807, 2.05) is 28.8 Å². The van der Waals surface area contributed by atoms with Gasteiger partial charge in [-0.15, -0.1) is 0 Å². The number of fused-ring (bicyclic) bond motifs is 1. The summed E-state index contributed by atoms with van der Waals surface area (Å²) in [6, 6.07) is 7.93. The largest absolute Gasteiger partial charge is 0.321 e. The van der Waals surface area contributed by atoms with Gasteiger partial charge in [0, 0.05) is 6.42 Å². The molecular weight excluding hydrogens is 188 g/mol. The topological polar surface area (TPSA) is 34.9 Å². The van der Waals surface area contributed by atoms with Crippen molar-refractivity contribution in [2.75, 3.05) is 0 Å². The highest BCUT2D eigenvalue weighted by Crippen LogP contribution is 2.16. The maximum Gasteiger partial charge on any atom is 0.139 e. The predicted octanol–water partition coefficient (Wildman–Crippen LogP) is 2.19. The van der Waals surface area contributed by atoms with E-state index in [9.17, 15) is 4.79 Å². The molecule has 1 heterocycles. The van der Waals surface area contributed by atoms with Crippen molar-refractivity contribution in [3.63, 3.8) is 0 Å². The van der Waals surface area contributed by atoms with Crippen molar-refractivity contribution < 1.29 is 4.79 Å². The van der Waals surface area contributed by atoms with Crippen LogP contribution in [0, 0.1) is 0 Å². The van der Waals surface area contributed by atoms with Gasteiger partial charge in [0.25, 0.3) is 0 Å². The van der Waals surface area contributed by atoms with Gasteiger partial charge in [0.2, 0.25) is 0 Å². The molecule has 0 atom stereocenters. The van der Waals surface area contributed by atoms with Crippen LogP contribution in [0.25, 0.3) is 11.0 Å². The number of aromatic nitrogens is 2. The molecule has 0 aliphatic carbocycles. The van der Waals surface area contributed by atoms with Crippen LogP contribution in [0.5, 0.6) is 0 Å². The number of imidazole rings is 1. The number of para-hydroxylation sites is 2. The van der Waals surface area contributed by atoms with Crippen molar-refractivity contribution in [2.24, 2.45) is 0 Å². The Kier molecular flexibility index (Phi) is 2.81. The fourth-order valence-electron chi connectivity index (χ4n) is 1.82. The summed E-state index contributed by atoms with van der Waals surface area (Å²) in [5.74, 6) is 1.01. The maximum absolute atomic E-state index is 10.6. The van der Waals surface area contributed by atoms with E-state index in [4.69, 9.17) is 0 Å². The lowest BCUT2D eigenvalue weighted by atomic mass is 10.3. The van der Waals surface area contributed by atoms with E-state index < -0.39 is 0 Å². The van der Waals surface area contributed by atoms with Crippen LogP contribution in [-0.2, 0) is 17.8 Å². The third-order valence-electron chi connectivity index (χ3n) is 2.46. The Hall–Kier alpha value is -1.64. The van der Waals surface area contributed by atoms with Gasteiger partial charge in [0.05, 0.1) is 17.6 Å². The van der Waals surface area contributed by atoms with Gasteiger partial charge in [-0.25, -0.2) is 4.98 Å². The van der Waals surface area contributed by atoms with Crippen LogP contribution in [0.2, 0.25) is 0 Å². The van der Waals surface area contributed by atoms with Gasteiger partial charge in [-0.05, 0) is 18.6 Å². The van der Waals surface area contributed by atoms with Gasteiger partial charge in [-0.2, -0.15) is 0 Å². The average Bonchev–Trinajstić information content (AvgIpc) is 2.59. The molecule has 0 unspecified atom stereocenters. The monoisotopic (exact) mass is 202 g/mol. The molecule has 0 amide bonds. The van der Waals surface area contributed by atoms with Gasteiger partial charge in [-0.1, -0.05) is 19.1 Å². The number of aldehydes is 1. The lowest BCUT2D eigenvalue weighted by Gasteiger charge is -2.03. The summed E-state index contributed by atoms with van der Waals surface area (Å²) in [7, 11) is 0. The number of nitrogens with zero attached hydrogens (tertiary/aromatic N) is 2. The lowest BCUT2D eigenvalue weighted by molar-refractivity contribution is -0.108. The lowest BCUT2D eigenvalue weighted by Crippen LogP contribution is -2.04. The normalized spacial score (nSPS) is 10.7. The Morgan fingerprint density at radius 2 is 2.20 bits per heavy atom. The van der Waals surface area contributed by atoms with Crippen LogP contribution in [0.15, 0.2) is 24.3 Å². The van der Waals surface area contributed by atoms with Crippen LogP contribution in [0.3, 0.4) is 0 Å². The summed E-state index contributed by atoms with van der Waals surface area (Å²) in [4.78, 5) is 15.1. The zero-order valence-corrected chi connectivity index (χ0v) is 8.81. The molecule has 0 spiro atoms. The number of carbonyl (C=O) groups excluding carboxylic acids is 1. The quantitative estimate of drug-likeness (QED) is 0.712. The fourth-order valence-corrected chi connectivity index (χ4v) is 1.82. The molecule has 1 aromatic heterocycles. The van der Waals surface area contributed by atoms with E-state index in [2.05, 4.69) is 11.9 Å². The van der Waals surface area contributed by atoms with Crippen LogP contribution in [0.1, 0.15) is 19.2 Å². The first-order valence-corrected chi connectivity index (χ1v) is 5.24. The minimum atomic E-state index is 0.399. The molecule has 0 aliphatic heterocycles. The second-order valence-electron chi connectivity index (χ2n) is 3.54. The van der Waals surface area contributed by atoms with Crippen molar-refractivity contribution in [1.29, 1.82) is 0 Å². The number of hydrogen-bond acceptors (Lipinski definition) is 2. The molecular formula is C12H14N2O. The average molecular weight is 202 g/mol. The SMILES string of the molecule is CCCc1nc2ccccc2n1CC=O. The van der Waals surface area contributed by atoms with Gasteiger partial charge >= 0.3 is 0 Å². The van der Waals surface area contributed by atoms with Crippen molar-refractivity contribution in [2.45, 2.75) is 26.3 Å².